The number of benzene rings is 2. The van der Waals surface area contributed by atoms with Crippen LogP contribution in [0.4, 0.5) is 5.69 Å². The summed E-state index contributed by atoms with van der Waals surface area (Å²) in [6, 6.07) is 11.4. The number of fused-ring (bicyclic) bond motifs is 1. The number of amides is 2. The van der Waals surface area contributed by atoms with Gasteiger partial charge in [-0.3, -0.25) is 14.5 Å². The van der Waals surface area contributed by atoms with Crippen LogP contribution in [0.25, 0.3) is 11.0 Å². The monoisotopic (exact) mass is 471 g/mol. The highest BCUT2D eigenvalue weighted by Crippen LogP contribution is 2.23. The van der Waals surface area contributed by atoms with E-state index in [-0.39, 0.29) is 11.8 Å². The number of hydrogen-bond acceptors (Lipinski definition) is 5. The fourth-order valence-electron chi connectivity index (χ4n) is 3.80. The van der Waals surface area contributed by atoms with Crippen LogP contribution in [0.3, 0.4) is 0 Å². The zero-order valence-electron chi connectivity index (χ0n) is 18.2. The summed E-state index contributed by atoms with van der Waals surface area (Å²) in [7, 11) is 0. The number of piperazine rings is 1. The van der Waals surface area contributed by atoms with E-state index >= 15 is 0 Å². The topological polar surface area (TPSA) is 81.3 Å². The molecule has 0 radical (unpaired) electrons. The molecule has 1 saturated heterocycles. The fourth-order valence-corrected chi connectivity index (χ4v) is 4.76. The minimum atomic E-state index is -0.0253. The van der Waals surface area contributed by atoms with Crippen LogP contribution in [-0.4, -0.2) is 70.1 Å². The van der Waals surface area contributed by atoms with E-state index in [2.05, 4.69) is 20.2 Å². The molecule has 1 aliphatic heterocycles. The molecule has 0 unspecified atom stereocenters. The Balaban J connectivity index is 1.23. The molecule has 7 nitrogen and oxygen atoms in total. The van der Waals surface area contributed by atoms with E-state index < -0.39 is 0 Å². The number of H-pyrrole nitrogens is 1. The molecule has 4 rings (SSSR count). The average molecular weight is 472 g/mol. The van der Waals surface area contributed by atoms with Gasteiger partial charge in [0.2, 0.25) is 11.8 Å². The number of aromatic nitrogens is 2. The van der Waals surface area contributed by atoms with Gasteiger partial charge in [0.15, 0.2) is 5.16 Å². The first-order valence-electron chi connectivity index (χ1n) is 10.5. The van der Waals surface area contributed by atoms with Crippen molar-refractivity contribution in [3.05, 3.63) is 52.5 Å². The third kappa shape index (κ3) is 5.43. The van der Waals surface area contributed by atoms with Gasteiger partial charge in [0, 0.05) is 36.9 Å². The number of aromatic amines is 1. The Kier molecular flexibility index (Phi) is 7.03. The van der Waals surface area contributed by atoms with Crippen molar-refractivity contribution in [1.82, 2.24) is 19.8 Å². The number of nitrogens with zero attached hydrogens (tertiary/aromatic N) is 3. The van der Waals surface area contributed by atoms with E-state index in [1.165, 1.54) is 11.8 Å². The Hall–Kier alpha value is -2.55. The number of hydrogen-bond donors (Lipinski definition) is 2. The summed E-state index contributed by atoms with van der Waals surface area (Å²) in [4.78, 5) is 36.8. The van der Waals surface area contributed by atoms with Gasteiger partial charge in [-0.1, -0.05) is 41.6 Å². The quantitative estimate of drug-likeness (QED) is 0.535. The van der Waals surface area contributed by atoms with Crippen molar-refractivity contribution in [2.75, 3.05) is 43.8 Å². The Bertz CT molecular complexity index is 1120. The normalized spacial score (nSPS) is 14.7. The van der Waals surface area contributed by atoms with E-state index in [9.17, 15) is 9.59 Å². The van der Waals surface area contributed by atoms with Crippen molar-refractivity contribution in [2.24, 2.45) is 0 Å². The molecule has 1 fully saturated rings. The summed E-state index contributed by atoms with van der Waals surface area (Å²) in [5, 5.41) is 4.38. The van der Waals surface area contributed by atoms with Gasteiger partial charge >= 0.3 is 0 Å². The van der Waals surface area contributed by atoms with Gasteiger partial charge in [0.1, 0.15) is 0 Å². The van der Waals surface area contributed by atoms with E-state index in [1.54, 1.807) is 6.07 Å². The number of anilines is 1. The van der Waals surface area contributed by atoms with Gasteiger partial charge in [-0.05, 0) is 43.2 Å². The Morgan fingerprint density at radius 1 is 1.12 bits per heavy atom. The van der Waals surface area contributed by atoms with E-state index in [0.717, 1.165) is 27.8 Å². The van der Waals surface area contributed by atoms with Crippen molar-refractivity contribution in [1.29, 1.82) is 0 Å². The summed E-state index contributed by atoms with van der Waals surface area (Å²) in [6.45, 7) is 6.90. The van der Waals surface area contributed by atoms with Gasteiger partial charge in [-0.2, -0.15) is 0 Å². The molecule has 1 aromatic heterocycles. The maximum absolute atomic E-state index is 12.6. The summed E-state index contributed by atoms with van der Waals surface area (Å²) >= 11 is 7.40. The van der Waals surface area contributed by atoms with Gasteiger partial charge < -0.3 is 15.2 Å². The number of nitrogens with one attached hydrogen (secondary N) is 2. The molecule has 2 N–H and O–H groups in total. The van der Waals surface area contributed by atoms with Gasteiger partial charge in [-0.25, -0.2) is 4.98 Å². The highest BCUT2D eigenvalue weighted by molar-refractivity contribution is 7.99. The van der Waals surface area contributed by atoms with Crippen LogP contribution in [0.15, 0.2) is 41.6 Å². The van der Waals surface area contributed by atoms with E-state index in [4.69, 9.17) is 11.6 Å². The predicted octanol–water partition coefficient (Wildman–Crippen LogP) is 3.71. The third-order valence-electron chi connectivity index (χ3n) is 5.59. The SMILES string of the molecule is Cc1cccc(C)c1NC(=O)CN1CCN(C(=O)CSc2nc3ccc(Cl)cc3[nH]2)CC1. The first-order chi connectivity index (χ1) is 15.4. The second kappa shape index (κ2) is 9.94. The van der Waals surface area contributed by atoms with Crippen LogP contribution in [0.2, 0.25) is 5.02 Å². The van der Waals surface area contributed by atoms with Crippen LogP contribution in [0, 0.1) is 13.8 Å². The lowest BCUT2D eigenvalue weighted by Crippen LogP contribution is -2.50. The maximum atomic E-state index is 12.6. The molecular formula is C23H26ClN5O2S. The molecule has 0 spiro atoms. The molecule has 2 aromatic carbocycles. The first kappa shape index (κ1) is 22.6. The molecule has 0 atom stereocenters. The molecule has 2 amide bonds. The molecule has 9 heteroatoms. The van der Waals surface area contributed by atoms with E-state index in [1.807, 2.05) is 49.1 Å². The van der Waals surface area contributed by atoms with Crippen molar-refractivity contribution in [2.45, 2.75) is 19.0 Å². The average Bonchev–Trinajstić information content (AvgIpc) is 3.17. The number of aryl methyl sites for hydroxylation is 2. The van der Waals surface area contributed by atoms with Crippen molar-refractivity contribution in [3.8, 4) is 0 Å². The summed E-state index contributed by atoms with van der Waals surface area (Å²) < 4.78 is 0. The van der Waals surface area contributed by atoms with Crippen LogP contribution >= 0.6 is 23.4 Å². The summed E-state index contributed by atoms with van der Waals surface area (Å²) in [6.07, 6.45) is 0. The van der Waals surface area contributed by atoms with Crippen molar-refractivity contribution >= 4 is 51.9 Å². The zero-order valence-corrected chi connectivity index (χ0v) is 19.7. The van der Waals surface area contributed by atoms with Gasteiger partial charge in [0.25, 0.3) is 0 Å². The number of para-hydroxylation sites is 1. The van der Waals surface area contributed by atoms with Crippen LogP contribution < -0.4 is 5.32 Å². The number of carbonyl (C=O) groups is 2. The first-order valence-corrected chi connectivity index (χ1v) is 11.9. The second-order valence-corrected chi connectivity index (χ2v) is 9.36. The molecule has 2 heterocycles. The molecule has 1 aliphatic rings. The lowest BCUT2D eigenvalue weighted by atomic mass is 10.1. The number of imidazole rings is 1. The molecule has 3 aromatic rings. The standard InChI is InChI=1S/C23H26ClN5O2S/c1-15-4-3-5-16(2)22(15)27-20(30)13-28-8-10-29(11-9-28)21(31)14-32-23-25-18-7-6-17(24)12-19(18)26-23/h3-7,12H,8-11,13-14H2,1-2H3,(H,25,26)(H,27,30). The summed E-state index contributed by atoms with van der Waals surface area (Å²) in [5.41, 5.74) is 4.69. The van der Waals surface area contributed by atoms with Crippen molar-refractivity contribution in [3.63, 3.8) is 0 Å². The minimum absolute atomic E-state index is 0.0253. The molecule has 0 bridgehead atoms. The number of halogens is 1. The molecule has 0 aliphatic carbocycles. The Morgan fingerprint density at radius 2 is 1.84 bits per heavy atom. The number of rotatable bonds is 6. The molecule has 0 saturated carbocycles. The fraction of sp³-hybridized carbons (Fsp3) is 0.348. The Morgan fingerprint density at radius 3 is 2.56 bits per heavy atom. The molecule has 168 valence electrons. The highest BCUT2D eigenvalue weighted by atomic mass is 35.5. The largest absolute Gasteiger partial charge is 0.339 e. The second-order valence-electron chi connectivity index (χ2n) is 7.96. The minimum Gasteiger partial charge on any atom is -0.339 e. The predicted molar refractivity (Wildman–Crippen MR) is 129 cm³/mol. The highest BCUT2D eigenvalue weighted by Gasteiger charge is 2.23. The van der Waals surface area contributed by atoms with Crippen LogP contribution in [0.1, 0.15) is 11.1 Å². The maximum Gasteiger partial charge on any atom is 0.238 e. The summed E-state index contributed by atoms with van der Waals surface area (Å²) in [5.74, 6) is 0.372. The van der Waals surface area contributed by atoms with E-state index in [0.29, 0.717) is 48.7 Å². The smallest absolute Gasteiger partial charge is 0.238 e. The van der Waals surface area contributed by atoms with Gasteiger partial charge in [-0.15, -0.1) is 0 Å². The van der Waals surface area contributed by atoms with Gasteiger partial charge in [0.05, 0.1) is 23.3 Å². The lowest BCUT2D eigenvalue weighted by Gasteiger charge is -2.34. The number of carbonyl (C=O) groups excluding carboxylic acids is 2. The lowest BCUT2D eigenvalue weighted by molar-refractivity contribution is -0.130. The van der Waals surface area contributed by atoms with Crippen molar-refractivity contribution < 1.29 is 9.59 Å². The van der Waals surface area contributed by atoms with Crippen LogP contribution in [-0.2, 0) is 9.59 Å². The van der Waals surface area contributed by atoms with Crippen LogP contribution in [0.5, 0.6) is 0 Å². The molecule has 32 heavy (non-hydrogen) atoms. The zero-order chi connectivity index (χ0) is 22.7. The number of thioether (sulfide) groups is 1. The molecular weight excluding hydrogens is 446 g/mol. The Labute approximate surface area is 196 Å². The third-order valence-corrected chi connectivity index (χ3v) is 6.69.